The van der Waals surface area contributed by atoms with Crippen molar-refractivity contribution in [3.05, 3.63) is 58.6 Å². The molecule has 36 heavy (non-hydrogen) atoms. The van der Waals surface area contributed by atoms with E-state index in [4.69, 9.17) is 26.2 Å². The molecule has 0 unspecified atom stereocenters. The number of amides is 1. The summed E-state index contributed by atoms with van der Waals surface area (Å²) in [5.41, 5.74) is 1.16. The predicted molar refractivity (Wildman–Crippen MR) is 138 cm³/mol. The molecule has 1 amide bonds. The monoisotopic (exact) mass is 552 g/mol. The summed E-state index contributed by atoms with van der Waals surface area (Å²) < 4.78 is 39.4. The van der Waals surface area contributed by atoms with Crippen LogP contribution in [0.1, 0.15) is 12.0 Å². The summed E-state index contributed by atoms with van der Waals surface area (Å²) in [6.07, 6.45) is 1.20. The van der Waals surface area contributed by atoms with Gasteiger partial charge in [-0.05, 0) is 36.8 Å². The van der Waals surface area contributed by atoms with E-state index in [2.05, 4.69) is 10.3 Å². The first kappa shape index (κ1) is 25.9. The Kier molecular flexibility index (Phi) is 7.76. The largest absolute Gasteiger partial charge is 0.497 e. The van der Waals surface area contributed by atoms with Crippen LogP contribution in [0.2, 0.25) is 5.02 Å². The summed E-state index contributed by atoms with van der Waals surface area (Å²) in [5.74, 6) is 1.07. The van der Waals surface area contributed by atoms with Gasteiger partial charge >= 0.3 is 6.09 Å². The second-order valence-corrected chi connectivity index (χ2v) is 11.1. The molecule has 1 saturated heterocycles. The quantitative estimate of drug-likeness (QED) is 0.401. The van der Waals surface area contributed by atoms with Crippen LogP contribution >= 0.6 is 22.9 Å². The molecule has 0 aliphatic carbocycles. The third-order valence-electron chi connectivity index (χ3n) is 5.79. The second kappa shape index (κ2) is 10.8. The number of nitrogens with one attached hydrogen (secondary N) is 1. The van der Waals surface area contributed by atoms with Crippen molar-refractivity contribution in [2.75, 3.05) is 36.9 Å². The van der Waals surface area contributed by atoms with Crippen molar-refractivity contribution in [2.45, 2.75) is 23.9 Å². The normalized spacial score (nSPS) is 15.5. The lowest BCUT2D eigenvalue weighted by molar-refractivity contribution is 0.155. The zero-order valence-corrected chi connectivity index (χ0v) is 21.9. The number of sulfonamides is 1. The molecule has 0 saturated carbocycles. The summed E-state index contributed by atoms with van der Waals surface area (Å²) in [5, 5.41) is 14.6. The number of ether oxygens (including phenoxy) is 2. The number of aromatic nitrogens is 1. The van der Waals surface area contributed by atoms with Gasteiger partial charge in [0.1, 0.15) is 11.5 Å². The smallest absolute Gasteiger partial charge is 0.407 e. The maximum atomic E-state index is 13.8. The number of rotatable bonds is 9. The molecular formula is C23H25ClN4O6S2. The van der Waals surface area contributed by atoms with E-state index in [1.54, 1.807) is 29.6 Å². The number of anilines is 2. The van der Waals surface area contributed by atoms with Crippen molar-refractivity contribution in [3.63, 3.8) is 0 Å². The van der Waals surface area contributed by atoms with Crippen LogP contribution in [0.4, 0.5) is 15.6 Å². The zero-order chi connectivity index (χ0) is 25.9. The fraction of sp³-hybridized carbons (Fsp3) is 0.304. The third kappa shape index (κ3) is 5.45. The number of hydrogen-bond donors (Lipinski definition) is 2. The Balaban J connectivity index is 1.61. The van der Waals surface area contributed by atoms with E-state index in [1.807, 2.05) is 0 Å². The first-order valence-electron chi connectivity index (χ1n) is 10.9. The molecule has 2 N–H and O–H groups in total. The zero-order valence-electron chi connectivity index (χ0n) is 19.5. The van der Waals surface area contributed by atoms with Gasteiger partial charge in [0.25, 0.3) is 10.0 Å². The fourth-order valence-corrected chi connectivity index (χ4v) is 6.50. The maximum absolute atomic E-state index is 13.8. The van der Waals surface area contributed by atoms with Gasteiger partial charge in [-0.1, -0.05) is 11.6 Å². The standard InChI is InChI=1S/C23H25ClN4O6S2/c1-33-17-4-3-15(21(11-17)34-2)13-28(22-25-8-10-35-22)36(31,32)18-5-6-20(19(24)12-18)26-16-7-9-27(14-16)23(29)30/h3-6,8,10-12,16,26H,7,9,13-14H2,1-2H3,(H,29,30)/t16-/m0/s1. The van der Waals surface area contributed by atoms with Crippen molar-refractivity contribution in [2.24, 2.45) is 0 Å². The van der Waals surface area contributed by atoms with Crippen molar-refractivity contribution < 1.29 is 27.8 Å². The predicted octanol–water partition coefficient (Wildman–Crippen LogP) is 4.37. The minimum Gasteiger partial charge on any atom is -0.497 e. The van der Waals surface area contributed by atoms with Gasteiger partial charge in [-0.2, -0.15) is 0 Å². The Bertz CT molecular complexity index is 1340. The Morgan fingerprint density at radius 1 is 1.28 bits per heavy atom. The Morgan fingerprint density at radius 3 is 2.69 bits per heavy atom. The number of nitrogens with zero attached hydrogens (tertiary/aromatic N) is 3. The molecule has 0 radical (unpaired) electrons. The number of carbonyl (C=O) groups is 1. The topological polar surface area (TPSA) is 121 Å². The average Bonchev–Trinajstić information content (AvgIpc) is 3.56. The van der Waals surface area contributed by atoms with Gasteiger partial charge in [-0.3, -0.25) is 0 Å². The van der Waals surface area contributed by atoms with Crippen LogP contribution < -0.4 is 19.1 Å². The highest BCUT2D eigenvalue weighted by Gasteiger charge is 2.30. The van der Waals surface area contributed by atoms with Gasteiger partial charge in [-0.15, -0.1) is 11.3 Å². The first-order valence-corrected chi connectivity index (χ1v) is 13.6. The number of likely N-dealkylation sites (tertiary alicyclic amines) is 1. The number of halogens is 1. The van der Waals surface area contributed by atoms with E-state index in [-0.39, 0.29) is 22.5 Å². The Labute approximate surface area is 218 Å². The van der Waals surface area contributed by atoms with Gasteiger partial charge < -0.3 is 24.8 Å². The molecule has 0 bridgehead atoms. The molecule has 1 aliphatic rings. The molecule has 13 heteroatoms. The second-order valence-electron chi connectivity index (χ2n) is 8.00. The van der Waals surface area contributed by atoms with Crippen LogP contribution in [0.15, 0.2) is 52.9 Å². The van der Waals surface area contributed by atoms with Crippen molar-refractivity contribution in [3.8, 4) is 11.5 Å². The lowest BCUT2D eigenvalue weighted by atomic mass is 10.2. The molecule has 10 nitrogen and oxygen atoms in total. The highest BCUT2D eigenvalue weighted by Crippen LogP contribution is 2.34. The third-order valence-corrected chi connectivity index (χ3v) is 8.74. The van der Waals surface area contributed by atoms with Crippen LogP contribution in [0, 0.1) is 0 Å². The van der Waals surface area contributed by atoms with E-state index in [1.165, 1.54) is 53.1 Å². The van der Waals surface area contributed by atoms with Gasteiger partial charge in [0, 0.05) is 42.3 Å². The average molecular weight is 553 g/mol. The van der Waals surface area contributed by atoms with Crippen molar-refractivity contribution in [1.29, 1.82) is 0 Å². The Hall–Kier alpha value is -3.22. The molecule has 1 aromatic heterocycles. The van der Waals surface area contributed by atoms with Crippen molar-refractivity contribution in [1.82, 2.24) is 9.88 Å². The summed E-state index contributed by atoms with van der Waals surface area (Å²) in [6, 6.07) is 9.50. The van der Waals surface area contributed by atoms with Crippen molar-refractivity contribution >= 4 is 49.9 Å². The molecule has 3 aromatic rings. The van der Waals surface area contributed by atoms with E-state index >= 15 is 0 Å². The fourth-order valence-electron chi connectivity index (χ4n) is 3.90. The molecular weight excluding hydrogens is 528 g/mol. The molecule has 1 aliphatic heterocycles. The van der Waals surface area contributed by atoms with Crippen LogP contribution in [-0.4, -0.2) is 62.9 Å². The van der Waals surface area contributed by atoms with Gasteiger partial charge in [0.15, 0.2) is 5.13 Å². The van der Waals surface area contributed by atoms with E-state index in [0.29, 0.717) is 47.4 Å². The number of carboxylic acid groups (broad SMARTS) is 1. The molecule has 192 valence electrons. The number of methoxy groups -OCH3 is 2. The summed E-state index contributed by atoms with van der Waals surface area (Å²) in [7, 11) is -1.01. The van der Waals surface area contributed by atoms with Gasteiger partial charge in [0.2, 0.25) is 0 Å². The number of thiazole rings is 1. The molecule has 1 atom stereocenters. The van der Waals surface area contributed by atoms with Crippen LogP contribution in [-0.2, 0) is 16.6 Å². The van der Waals surface area contributed by atoms with Gasteiger partial charge in [0.05, 0.1) is 36.4 Å². The highest BCUT2D eigenvalue weighted by atomic mass is 35.5. The molecule has 1 fully saturated rings. The lowest BCUT2D eigenvalue weighted by Gasteiger charge is -2.23. The number of hydrogen-bond acceptors (Lipinski definition) is 8. The summed E-state index contributed by atoms with van der Waals surface area (Å²) >= 11 is 7.66. The first-order chi connectivity index (χ1) is 17.2. The molecule has 2 aromatic carbocycles. The van der Waals surface area contributed by atoms with Crippen LogP contribution in [0.3, 0.4) is 0 Å². The maximum Gasteiger partial charge on any atom is 0.407 e. The molecule has 4 rings (SSSR count). The minimum absolute atomic E-state index is 0.000636. The minimum atomic E-state index is -4.05. The van der Waals surface area contributed by atoms with Crippen LogP contribution in [0.5, 0.6) is 11.5 Å². The molecule has 0 spiro atoms. The lowest BCUT2D eigenvalue weighted by Crippen LogP contribution is -2.31. The highest BCUT2D eigenvalue weighted by molar-refractivity contribution is 7.93. The number of benzene rings is 2. The molecule has 2 heterocycles. The van der Waals surface area contributed by atoms with Gasteiger partial charge in [-0.25, -0.2) is 22.5 Å². The summed E-state index contributed by atoms with van der Waals surface area (Å²) in [6.45, 7) is 0.732. The van der Waals surface area contributed by atoms with E-state index < -0.39 is 16.1 Å². The van der Waals surface area contributed by atoms with E-state index in [9.17, 15) is 13.2 Å². The Morgan fingerprint density at radius 2 is 2.08 bits per heavy atom. The SMILES string of the molecule is COc1ccc(CN(c2nccs2)S(=O)(=O)c2ccc(N[C@H]3CCN(C(=O)O)C3)c(Cl)c2)c(OC)c1. The van der Waals surface area contributed by atoms with Crippen LogP contribution in [0.25, 0.3) is 0 Å². The van der Waals surface area contributed by atoms with E-state index in [0.717, 1.165) is 0 Å². The summed E-state index contributed by atoms with van der Waals surface area (Å²) in [4.78, 5) is 16.7.